The molecule has 0 spiro atoms. The first kappa shape index (κ1) is 20.3. The Morgan fingerprint density at radius 3 is 2.55 bits per heavy atom. The molecule has 3 nitrogen and oxygen atoms in total. The Morgan fingerprint density at radius 2 is 1.91 bits per heavy atom. The van der Waals surface area contributed by atoms with Crippen molar-refractivity contribution in [1.29, 1.82) is 0 Å². The number of ether oxygens (including phenoxy) is 2. The van der Waals surface area contributed by atoms with Gasteiger partial charge in [0.25, 0.3) is 0 Å². The molecule has 1 saturated heterocycles. The van der Waals surface area contributed by atoms with Gasteiger partial charge in [0.2, 0.25) is 0 Å². The first-order chi connectivity index (χ1) is 10.3. The van der Waals surface area contributed by atoms with Gasteiger partial charge in [-0.3, -0.25) is 0 Å². The minimum Gasteiger partial charge on any atom is -0.396 e. The highest BCUT2D eigenvalue weighted by Gasteiger charge is 2.22. The molecule has 4 heteroatoms. The second kappa shape index (κ2) is 10.2. The monoisotopic (exact) mass is 332 g/mol. The van der Waals surface area contributed by atoms with Crippen LogP contribution in [-0.4, -0.2) is 36.0 Å². The average Bonchev–Trinajstić information content (AvgIpc) is 2.44. The third-order valence-corrected chi connectivity index (χ3v) is 5.02. The zero-order valence-corrected chi connectivity index (χ0v) is 15.7. The maximum atomic E-state index is 8.97. The predicted octanol–water partition coefficient (Wildman–Crippen LogP) is 4.58. The largest absolute Gasteiger partial charge is 0.396 e. The lowest BCUT2D eigenvalue weighted by molar-refractivity contribution is 0.00501. The van der Waals surface area contributed by atoms with Gasteiger partial charge in [0.15, 0.2) is 0 Å². The molecule has 0 amide bonds. The van der Waals surface area contributed by atoms with Crippen LogP contribution >= 0.6 is 12.6 Å². The molecule has 1 aliphatic heterocycles. The molecule has 0 aromatic carbocycles. The Labute approximate surface area is 142 Å². The van der Waals surface area contributed by atoms with Crippen LogP contribution in [0.3, 0.4) is 0 Å². The number of unbranched alkanes of at least 4 members (excludes halogenated alkanes) is 1. The molecule has 0 radical (unpaired) electrons. The van der Waals surface area contributed by atoms with Crippen LogP contribution in [0.15, 0.2) is 0 Å². The third-order valence-electron chi connectivity index (χ3n) is 4.67. The quantitative estimate of drug-likeness (QED) is 0.330. The van der Waals surface area contributed by atoms with Crippen molar-refractivity contribution in [2.45, 2.75) is 89.6 Å². The summed E-state index contributed by atoms with van der Waals surface area (Å²) in [4.78, 5) is -0.511. The Morgan fingerprint density at radius 1 is 1.14 bits per heavy atom. The molecular formula is C18H36O3S. The molecule has 0 aromatic heterocycles. The Hall–Kier alpha value is 0.230. The number of hydrogen-bond donors (Lipinski definition) is 2. The van der Waals surface area contributed by atoms with E-state index in [2.05, 4.69) is 26.5 Å². The Balaban J connectivity index is 2.09. The van der Waals surface area contributed by atoms with Crippen LogP contribution in [-0.2, 0) is 9.47 Å². The van der Waals surface area contributed by atoms with Gasteiger partial charge in [0, 0.05) is 26.2 Å². The molecule has 1 aliphatic rings. The molecule has 2 unspecified atom stereocenters. The maximum absolute atomic E-state index is 8.97. The van der Waals surface area contributed by atoms with E-state index >= 15 is 0 Å². The molecule has 1 fully saturated rings. The summed E-state index contributed by atoms with van der Waals surface area (Å²) in [5.74, 6) is 0. The standard InChI is InChI=1S/C18H36O3S/c1-17(2,12-15-21-18(3,22)11-13-19)10-6-4-8-16-9-5-7-14-20-16/h16,19,22H,4-15H2,1-3H3. The summed E-state index contributed by atoms with van der Waals surface area (Å²) in [6.07, 6.45) is 10.9. The summed E-state index contributed by atoms with van der Waals surface area (Å²) in [6.45, 7) is 8.34. The van der Waals surface area contributed by atoms with Crippen molar-refractivity contribution in [3.05, 3.63) is 0 Å². The van der Waals surface area contributed by atoms with Gasteiger partial charge in [-0.15, -0.1) is 12.6 Å². The van der Waals surface area contributed by atoms with Crippen molar-refractivity contribution in [2.24, 2.45) is 5.41 Å². The molecular weight excluding hydrogens is 296 g/mol. The fraction of sp³-hybridized carbons (Fsp3) is 1.00. The topological polar surface area (TPSA) is 38.7 Å². The van der Waals surface area contributed by atoms with E-state index in [1.54, 1.807) is 0 Å². The van der Waals surface area contributed by atoms with E-state index in [4.69, 9.17) is 14.6 Å². The number of rotatable bonds is 11. The molecule has 2 atom stereocenters. The zero-order valence-electron chi connectivity index (χ0n) is 14.8. The van der Waals surface area contributed by atoms with Gasteiger partial charge in [0.05, 0.1) is 6.10 Å². The van der Waals surface area contributed by atoms with E-state index in [9.17, 15) is 0 Å². The van der Waals surface area contributed by atoms with Crippen LogP contribution in [0.5, 0.6) is 0 Å². The Bertz CT molecular complexity index is 286. The van der Waals surface area contributed by atoms with Crippen LogP contribution in [0.1, 0.15) is 78.6 Å². The van der Waals surface area contributed by atoms with Crippen molar-refractivity contribution in [3.8, 4) is 0 Å². The summed E-state index contributed by atoms with van der Waals surface area (Å²) in [5.41, 5.74) is 0.302. The summed E-state index contributed by atoms with van der Waals surface area (Å²) in [5, 5.41) is 8.97. The van der Waals surface area contributed by atoms with Crippen LogP contribution in [0.25, 0.3) is 0 Å². The number of thiol groups is 1. The second-order valence-corrected chi connectivity index (χ2v) is 8.59. The van der Waals surface area contributed by atoms with E-state index in [-0.39, 0.29) is 6.61 Å². The lowest BCUT2D eigenvalue weighted by Crippen LogP contribution is -2.25. The van der Waals surface area contributed by atoms with Gasteiger partial charge in [-0.05, 0) is 50.9 Å². The third kappa shape index (κ3) is 9.39. The zero-order chi connectivity index (χ0) is 16.5. The van der Waals surface area contributed by atoms with Gasteiger partial charge < -0.3 is 14.6 Å². The highest BCUT2D eigenvalue weighted by molar-refractivity contribution is 7.81. The summed E-state index contributed by atoms with van der Waals surface area (Å²) in [7, 11) is 0. The van der Waals surface area contributed by atoms with E-state index in [1.165, 1.54) is 44.9 Å². The minimum absolute atomic E-state index is 0.118. The molecule has 0 bridgehead atoms. The predicted molar refractivity (Wildman–Crippen MR) is 95.5 cm³/mol. The van der Waals surface area contributed by atoms with Crippen molar-refractivity contribution < 1.29 is 14.6 Å². The molecule has 0 aliphatic carbocycles. The van der Waals surface area contributed by atoms with E-state index < -0.39 is 4.93 Å². The van der Waals surface area contributed by atoms with Crippen LogP contribution in [0.4, 0.5) is 0 Å². The molecule has 22 heavy (non-hydrogen) atoms. The van der Waals surface area contributed by atoms with Gasteiger partial charge in [0.1, 0.15) is 4.93 Å². The summed E-state index contributed by atoms with van der Waals surface area (Å²) in [6, 6.07) is 0. The van der Waals surface area contributed by atoms with Crippen molar-refractivity contribution >= 4 is 12.6 Å². The maximum Gasteiger partial charge on any atom is 0.110 e. The first-order valence-electron chi connectivity index (χ1n) is 8.93. The fourth-order valence-corrected chi connectivity index (χ4v) is 3.15. The van der Waals surface area contributed by atoms with Crippen LogP contribution in [0.2, 0.25) is 0 Å². The first-order valence-corrected chi connectivity index (χ1v) is 9.38. The van der Waals surface area contributed by atoms with E-state index in [0.29, 0.717) is 24.5 Å². The normalized spacial score (nSPS) is 22.5. The van der Waals surface area contributed by atoms with Crippen molar-refractivity contribution in [2.75, 3.05) is 19.8 Å². The smallest absolute Gasteiger partial charge is 0.110 e. The van der Waals surface area contributed by atoms with Crippen molar-refractivity contribution in [1.82, 2.24) is 0 Å². The van der Waals surface area contributed by atoms with Crippen LogP contribution < -0.4 is 0 Å². The van der Waals surface area contributed by atoms with Gasteiger partial charge in [-0.1, -0.05) is 26.7 Å². The average molecular weight is 333 g/mol. The van der Waals surface area contributed by atoms with Crippen molar-refractivity contribution in [3.63, 3.8) is 0 Å². The van der Waals surface area contributed by atoms with Gasteiger partial charge in [-0.2, -0.15) is 0 Å². The lowest BCUT2D eigenvalue weighted by atomic mass is 9.83. The fourth-order valence-electron chi connectivity index (χ4n) is 2.96. The number of aliphatic hydroxyl groups is 1. The molecule has 1 N–H and O–H groups in total. The van der Waals surface area contributed by atoms with E-state index in [0.717, 1.165) is 13.0 Å². The molecule has 1 heterocycles. The van der Waals surface area contributed by atoms with E-state index in [1.807, 2.05) is 6.92 Å². The van der Waals surface area contributed by atoms with Gasteiger partial charge in [-0.25, -0.2) is 0 Å². The Kier molecular flexibility index (Phi) is 9.37. The highest BCUT2D eigenvalue weighted by atomic mass is 32.1. The molecule has 0 aromatic rings. The second-order valence-electron chi connectivity index (χ2n) is 7.65. The SMILES string of the molecule is CC(C)(CCCCC1CCCCO1)CCOC(C)(S)CCO. The molecule has 132 valence electrons. The van der Waals surface area contributed by atoms with Crippen LogP contribution in [0, 0.1) is 5.41 Å². The number of aliphatic hydroxyl groups excluding tert-OH is 1. The summed E-state index contributed by atoms with van der Waals surface area (Å²) < 4.78 is 11.6. The highest BCUT2D eigenvalue weighted by Crippen LogP contribution is 2.30. The minimum atomic E-state index is -0.511. The summed E-state index contributed by atoms with van der Waals surface area (Å²) >= 11 is 4.44. The molecule has 1 rings (SSSR count). The van der Waals surface area contributed by atoms with Gasteiger partial charge >= 0.3 is 0 Å². The lowest BCUT2D eigenvalue weighted by Gasteiger charge is -2.29. The molecule has 0 saturated carbocycles. The number of hydrogen-bond acceptors (Lipinski definition) is 4.